The number of anilines is 1. The van der Waals surface area contributed by atoms with E-state index in [1.807, 2.05) is 54.6 Å². The number of aryl methyl sites for hydroxylation is 1. The van der Waals surface area contributed by atoms with Crippen LogP contribution in [0.1, 0.15) is 16.7 Å². The zero-order chi connectivity index (χ0) is 16.8. The molecule has 2 nitrogen and oxygen atoms in total. The van der Waals surface area contributed by atoms with Crippen molar-refractivity contribution in [3.8, 4) is 5.75 Å². The first-order chi connectivity index (χ1) is 11.7. The number of ether oxygens (including phenoxy) is 1. The van der Waals surface area contributed by atoms with Crippen molar-refractivity contribution in [3.63, 3.8) is 0 Å². The highest BCUT2D eigenvalue weighted by Gasteiger charge is 2.05. The van der Waals surface area contributed by atoms with Gasteiger partial charge in [-0.25, -0.2) is 0 Å². The predicted octanol–water partition coefficient (Wildman–Crippen LogP) is 5.84. The van der Waals surface area contributed by atoms with Gasteiger partial charge in [0.1, 0.15) is 12.4 Å². The van der Waals surface area contributed by atoms with Crippen molar-refractivity contribution in [3.05, 3.63) is 94.5 Å². The fraction of sp³-hybridized carbons (Fsp3) is 0.143. The number of para-hydroxylation sites is 1. The summed E-state index contributed by atoms with van der Waals surface area (Å²) in [4.78, 5) is 0. The topological polar surface area (TPSA) is 21.3 Å². The van der Waals surface area contributed by atoms with Crippen molar-refractivity contribution in [2.45, 2.75) is 20.1 Å². The van der Waals surface area contributed by atoms with Gasteiger partial charge in [0.2, 0.25) is 0 Å². The largest absolute Gasteiger partial charge is 0.489 e. The Morgan fingerprint density at radius 3 is 2.25 bits per heavy atom. The highest BCUT2D eigenvalue weighted by molar-refractivity contribution is 6.30. The Hall–Kier alpha value is -2.45. The first-order valence-electron chi connectivity index (χ1n) is 7.97. The summed E-state index contributed by atoms with van der Waals surface area (Å²) < 4.78 is 6.05. The van der Waals surface area contributed by atoms with Crippen molar-refractivity contribution in [2.24, 2.45) is 0 Å². The first kappa shape index (κ1) is 16.4. The lowest BCUT2D eigenvalue weighted by atomic mass is 10.1. The third kappa shape index (κ3) is 4.30. The van der Waals surface area contributed by atoms with Crippen LogP contribution in [0.4, 0.5) is 5.69 Å². The molecule has 24 heavy (non-hydrogen) atoms. The quantitative estimate of drug-likeness (QED) is 0.610. The molecule has 0 unspecified atom stereocenters. The van der Waals surface area contributed by atoms with Gasteiger partial charge in [-0.2, -0.15) is 0 Å². The third-order valence-electron chi connectivity index (χ3n) is 3.94. The Morgan fingerprint density at radius 2 is 1.50 bits per heavy atom. The normalized spacial score (nSPS) is 10.4. The Labute approximate surface area is 148 Å². The van der Waals surface area contributed by atoms with E-state index in [2.05, 4.69) is 30.4 Å². The maximum absolute atomic E-state index is 6.05. The Kier molecular flexibility index (Phi) is 5.39. The minimum atomic E-state index is 0.574. The van der Waals surface area contributed by atoms with Crippen molar-refractivity contribution in [1.29, 1.82) is 0 Å². The van der Waals surface area contributed by atoms with Crippen LogP contribution in [0.5, 0.6) is 5.75 Å². The van der Waals surface area contributed by atoms with E-state index in [0.717, 1.165) is 22.0 Å². The van der Waals surface area contributed by atoms with Gasteiger partial charge in [0.15, 0.2) is 0 Å². The number of halogens is 1. The number of hydrogen-bond donors (Lipinski definition) is 1. The maximum Gasteiger partial charge on any atom is 0.124 e. The molecule has 0 radical (unpaired) electrons. The molecule has 0 aliphatic carbocycles. The van der Waals surface area contributed by atoms with Crippen LogP contribution < -0.4 is 10.1 Å². The summed E-state index contributed by atoms with van der Waals surface area (Å²) in [6.07, 6.45) is 0. The van der Waals surface area contributed by atoms with Crippen LogP contribution in [-0.4, -0.2) is 0 Å². The van der Waals surface area contributed by atoms with Gasteiger partial charge in [0.25, 0.3) is 0 Å². The Bertz CT molecular complexity index is 799. The molecule has 0 aliphatic heterocycles. The van der Waals surface area contributed by atoms with Gasteiger partial charge in [0, 0.05) is 22.8 Å². The second kappa shape index (κ2) is 7.89. The van der Waals surface area contributed by atoms with E-state index < -0.39 is 0 Å². The van der Waals surface area contributed by atoms with Gasteiger partial charge in [-0.05, 0) is 48.4 Å². The molecule has 0 aromatic heterocycles. The number of rotatable bonds is 6. The standard InChI is InChI=1S/C21H20ClNO/c1-16-6-2-3-8-18(16)15-24-21-9-5-4-7-17(21)14-23-20-12-10-19(22)11-13-20/h2-13,23H,14-15H2,1H3. The lowest BCUT2D eigenvalue weighted by Crippen LogP contribution is -2.04. The second-order valence-corrected chi connectivity index (χ2v) is 6.12. The molecule has 0 bridgehead atoms. The molecule has 0 heterocycles. The molecule has 0 atom stereocenters. The average Bonchev–Trinajstić information content (AvgIpc) is 2.61. The molecular weight excluding hydrogens is 318 g/mol. The highest BCUT2D eigenvalue weighted by Crippen LogP contribution is 2.22. The lowest BCUT2D eigenvalue weighted by Gasteiger charge is -2.14. The van der Waals surface area contributed by atoms with Gasteiger partial charge in [-0.3, -0.25) is 0 Å². The van der Waals surface area contributed by atoms with Crippen molar-refractivity contribution in [1.82, 2.24) is 0 Å². The highest BCUT2D eigenvalue weighted by atomic mass is 35.5. The zero-order valence-corrected chi connectivity index (χ0v) is 14.4. The van der Waals surface area contributed by atoms with E-state index in [0.29, 0.717) is 13.2 Å². The summed E-state index contributed by atoms with van der Waals surface area (Å²) >= 11 is 5.92. The van der Waals surface area contributed by atoms with E-state index in [1.54, 1.807) is 0 Å². The molecule has 3 heteroatoms. The van der Waals surface area contributed by atoms with Crippen LogP contribution in [-0.2, 0) is 13.2 Å². The zero-order valence-electron chi connectivity index (χ0n) is 13.6. The molecule has 3 rings (SSSR count). The predicted molar refractivity (Wildman–Crippen MR) is 101 cm³/mol. The summed E-state index contributed by atoms with van der Waals surface area (Å²) in [6, 6.07) is 24.1. The van der Waals surface area contributed by atoms with Crippen LogP contribution in [0.15, 0.2) is 72.8 Å². The molecular formula is C21H20ClNO. The molecule has 3 aromatic carbocycles. The first-order valence-corrected chi connectivity index (χ1v) is 8.35. The number of hydrogen-bond acceptors (Lipinski definition) is 2. The summed E-state index contributed by atoms with van der Waals surface area (Å²) in [5.74, 6) is 0.905. The SMILES string of the molecule is Cc1ccccc1COc1ccccc1CNc1ccc(Cl)cc1. The molecule has 0 amide bonds. The van der Waals surface area contributed by atoms with Crippen molar-refractivity contribution < 1.29 is 4.74 Å². The minimum Gasteiger partial charge on any atom is -0.489 e. The second-order valence-electron chi connectivity index (χ2n) is 5.68. The van der Waals surface area contributed by atoms with E-state index in [-0.39, 0.29) is 0 Å². The van der Waals surface area contributed by atoms with Crippen LogP contribution in [0.2, 0.25) is 5.02 Å². The molecule has 0 spiro atoms. The van der Waals surface area contributed by atoms with Gasteiger partial charge in [-0.1, -0.05) is 54.1 Å². The molecule has 0 fully saturated rings. The molecule has 0 saturated carbocycles. The van der Waals surface area contributed by atoms with Gasteiger partial charge in [0.05, 0.1) is 0 Å². The maximum atomic E-state index is 6.05. The van der Waals surface area contributed by atoms with Crippen molar-refractivity contribution in [2.75, 3.05) is 5.32 Å². The van der Waals surface area contributed by atoms with E-state index in [1.165, 1.54) is 11.1 Å². The molecule has 3 aromatic rings. The average molecular weight is 338 g/mol. The van der Waals surface area contributed by atoms with Crippen LogP contribution in [0.25, 0.3) is 0 Å². The summed E-state index contributed by atoms with van der Waals surface area (Å²) in [6.45, 7) is 3.38. The molecule has 0 aliphatic rings. The van der Waals surface area contributed by atoms with Gasteiger partial charge < -0.3 is 10.1 Å². The third-order valence-corrected chi connectivity index (χ3v) is 4.20. The Morgan fingerprint density at radius 1 is 0.833 bits per heavy atom. The number of nitrogens with one attached hydrogen (secondary N) is 1. The summed E-state index contributed by atoms with van der Waals surface area (Å²) in [5.41, 5.74) is 4.61. The van der Waals surface area contributed by atoms with Crippen molar-refractivity contribution >= 4 is 17.3 Å². The van der Waals surface area contributed by atoms with E-state index in [4.69, 9.17) is 16.3 Å². The molecule has 1 N–H and O–H groups in total. The Balaban J connectivity index is 1.66. The van der Waals surface area contributed by atoms with Crippen LogP contribution in [0.3, 0.4) is 0 Å². The summed E-state index contributed by atoms with van der Waals surface area (Å²) in [5, 5.41) is 4.14. The lowest BCUT2D eigenvalue weighted by molar-refractivity contribution is 0.302. The fourth-order valence-corrected chi connectivity index (χ4v) is 2.61. The molecule has 0 saturated heterocycles. The van der Waals surface area contributed by atoms with E-state index >= 15 is 0 Å². The van der Waals surface area contributed by atoms with Gasteiger partial charge in [-0.15, -0.1) is 0 Å². The number of benzene rings is 3. The summed E-state index contributed by atoms with van der Waals surface area (Å²) in [7, 11) is 0. The van der Waals surface area contributed by atoms with Crippen LogP contribution >= 0.6 is 11.6 Å². The van der Waals surface area contributed by atoms with Crippen LogP contribution in [0, 0.1) is 6.92 Å². The smallest absolute Gasteiger partial charge is 0.124 e. The minimum absolute atomic E-state index is 0.574. The monoisotopic (exact) mass is 337 g/mol. The fourth-order valence-electron chi connectivity index (χ4n) is 2.48. The van der Waals surface area contributed by atoms with Gasteiger partial charge >= 0.3 is 0 Å². The van der Waals surface area contributed by atoms with E-state index in [9.17, 15) is 0 Å². The molecule has 122 valence electrons.